The lowest BCUT2D eigenvalue weighted by atomic mass is 9.78. The summed E-state index contributed by atoms with van der Waals surface area (Å²) in [7, 11) is 1.45. The van der Waals surface area contributed by atoms with Crippen molar-refractivity contribution in [3.05, 3.63) is 77.5 Å². The van der Waals surface area contributed by atoms with Crippen LogP contribution in [0.1, 0.15) is 28.7 Å². The Morgan fingerprint density at radius 1 is 1.04 bits per heavy atom. The van der Waals surface area contributed by atoms with E-state index in [1.54, 1.807) is 0 Å². The molecule has 1 aromatic heterocycles. The SMILES string of the molecule is COC(=O)C1c2[nH]c3ccccc3c2C=CC1c1ccccc1. The Kier molecular flexibility index (Phi) is 3.27. The van der Waals surface area contributed by atoms with E-state index in [-0.39, 0.29) is 17.8 Å². The number of allylic oxidation sites excluding steroid dienone is 1. The number of hydrogen-bond acceptors (Lipinski definition) is 2. The monoisotopic (exact) mass is 303 g/mol. The van der Waals surface area contributed by atoms with Crippen molar-refractivity contribution in [2.24, 2.45) is 0 Å². The summed E-state index contributed by atoms with van der Waals surface area (Å²) in [6.45, 7) is 0. The van der Waals surface area contributed by atoms with Gasteiger partial charge in [0, 0.05) is 28.1 Å². The van der Waals surface area contributed by atoms with Crippen LogP contribution in [0, 0.1) is 0 Å². The molecule has 0 bridgehead atoms. The number of ether oxygens (including phenoxy) is 1. The molecule has 2 atom stereocenters. The molecule has 0 radical (unpaired) electrons. The molecule has 0 saturated carbocycles. The fourth-order valence-electron chi connectivity index (χ4n) is 3.47. The fourth-order valence-corrected chi connectivity index (χ4v) is 3.47. The molecular weight excluding hydrogens is 286 g/mol. The third kappa shape index (κ3) is 2.16. The molecule has 23 heavy (non-hydrogen) atoms. The number of benzene rings is 2. The first-order chi connectivity index (χ1) is 11.3. The summed E-state index contributed by atoms with van der Waals surface area (Å²) in [4.78, 5) is 15.9. The molecule has 2 unspecified atom stereocenters. The van der Waals surface area contributed by atoms with Gasteiger partial charge in [0.2, 0.25) is 0 Å². The van der Waals surface area contributed by atoms with Crippen molar-refractivity contribution < 1.29 is 9.53 Å². The molecule has 0 amide bonds. The molecule has 1 N–H and O–H groups in total. The Bertz CT molecular complexity index is 892. The highest BCUT2D eigenvalue weighted by atomic mass is 16.5. The third-order valence-electron chi connectivity index (χ3n) is 4.56. The van der Waals surface area contributed by atoms with Gasteiger partial charge in [-0.1, -0.05) is 60.7 Å². The molecule has 1 aliphatic rings. The number of nitrogens with one attached hydrogen (secondary N) is 1. The molecule has 0 aliphatic heterocycles. The number of hydrogen-bond donors (Lipinski definition) is 1. The van der Waals surface area contributed by atoms with E-state index in [0.717, 1.165) is 27.7 Å². The number of H-pyrrole nitrogens is 1. The molecule has 2 aromatic carbocycles. The first kappa shape index (κ1) is 13.8. The highest BCUT2D eigenvalue weighted by Gasteiger charge is 2.36. The van der Waals surface area contributed by atoms with Crippen LogP contribution in [0.15, 0.2) is 60.7 Å². The second-order valence-electron chi connectivity index (χ2n) is 5.79. The average Bonchev–Trinajstić information content (AvgIpc) is 2.99. The second-order valence-corrected chi connectivity index (χ2v) is 5.79. The molecule has 1 aliphatic carbocycles. The van der Waals surface area contributed by atoms with Gasteiger partial charge < -0.3 is 9.72 Å². The van der Waals surface area contributed by atoms with Crippen LogP contribution >= 0.6 is 0 Å². The van der Waals surface area contributed by atoms with Gasteiger partial charge in [-0.15, -0.1) is 0 Å². The number of carbonyl (C=O) groups excluding carboxylic acids is 1. The Morgan fingerprint density at radius 2 is 1.78 bits per heavy atom. The third-order valence-corrected chi connectivity index (χ3v) is 4.56. The summed E-state index contributed by atoms with van der Waals surface area (Å²) in [5.41, 5.74) is 4.19. The van der Waals surface area contributed by atoms with Crippen molar-refractivity contribution in [3.63, 3.8) is 0 Å². The Morgan fingerprint density at radius 3 is 2.57 bits per heavy atom. The highest BCUT2D eigenvalue weighted by molar-refractivity contribution is 5.95. The minimum Gasteiger partial charge on any atom is -0.468 e. The van der Waals surface area contributed by atoms with E-state index < -0.39 is 0 Å². The van der Waals surface area contributed by atoms with Gasteiger partial charge in [-0.25, -0.2) is 0 Å². The predicted octanol–water partition coefficient (Wildman–Crippen LogP) is 4.24. The lowest BCUT2D eigenvalue weighted by molar-refractivity contribution is -0.142. The number of para-hydroxylation sites is 1. The molecule has 0 spiro atoms. The number of carbonyl (C=O) groups is 1. The predicted molar refractivity (Wildman–Crippen MR) is 91.3 cm³/mol. The standard InChI is InChI=1S/C20H17NO2/c1-23-20(22)18-14(13-7-3-2-4-8-13)11-12-16-15-9-5-6-10-17(15)21-19(16)18/h2-12,14,18,21H,1H3. The van der Waals surface area contributed by atoms with E-state index in [9.17, 15) is 4.79 Å². The number of esters is 1. The number of rotatable bonds is 2. The van der Waals surface area contributed by atoms with Crippen LogP contribution in [0.25, 0.3) is 17.0 Å². The van der Waals surface area contributed by atoms with E-state index >= 15 is 0 Å². The molecule has 0 saturated heterocycles. The maximum atomic E-state index is 12.5. The number of fused-ring (bicyclic) bond motifs is 3. The zero-order valence-electron chi connectivity index (χ0n) is 12.8. The summed E-state index contributed by atoms with van der Waals surface area (Å²) in [5, 5.41) is 1.14. The zero-order chi connectivity index (χ0) is 15.8. The lowest BCUT2D eigenvalue weighted by Gasteiger charge is -2.26. The fraction of sp³-hybridized carbons (Fsp3) is 0.150. The van der Waals surface area contributed by atoms with Gasteiger partial charge in [0.15, 0.2) is 0 Å². The Labute approximate surface area is 134 Å². The van der Waals surface area contributed by atoms with Crippen molar-refractivity contribution in [1.29, 1.82) is 0 Å². The van der Waals surface area contributed by atoms with Crippen LogP contribution in [0.5, 0.6) is 0 Å². The molecule has 114 valence electrons. The summed E-state index contributed by atoms with van der Waals surface area (Å²) in [5.74, 6) is -0.588. The largest absolute Gasteiger partial charge is 0.468 e. The topological polar surface area (TPSA) is 42.1 Å². The molecule has 3 heteroatoms. The Hall–Kier alpha value is -2.81. The minimum absolute atomic E-state index is 0.0239. The van der Waals surface area contributed by atoms with Crippen molar-refractivity contribution >= 4 is 22.9 Å². The molecule has 3 aromatic rings. The second kappa shape index (κ2) is 5.43. The highest BCUT2D eigenvalue weighted by Crippen LogP contribution is 2.43. The van der Waals surface area contributed by atoms with Crippen LogP contribution in [-0.4, -0.2) is 18.1 Å². The molecule has 0 fully saturated rings. The van der Waals surface area contributed by atoms with E-state index in [0.29, 0.717) is 0 Å². The number of aromatic nitrogens is 1. The zero-order valence-corrected chi connectivity index (χ0v) is 12.8. The average molecular weight is 303 g/mol. The summed E-state index contributed by atoms with van der Waals surface area (Å²) in [6.07, 6.45) is 4.23. The van der Waals surface area contributed by atoms with E-state index in [4.69, 9.17) is 4.74 Å². The summed E-state index contributed by atoms with van der Waals surface area (Å²) >= 11 is 0. The van der Waals surface area contributed by atoms with E-state index in [1.165, 1.54) is 7.11 Å². The van der Waals surface area contributed by atoms with Gasteiger partial charge in [-0.05, 0) is 11.6 Å². The molecule has 1 heterocycles. The van der Waals surface area contributed by atoms with Crippen molar-refractivity contribution in [2.45, 2.75) is 11.8 Å². The quantitative estimate of drug-likeness (QED) is 0.720. The molecule has 4 rings (SSSR count). The first-order valence-electron chi connectivity index (χ1n) is 7.71. The van der Waals surface area contributed by atoms with Crippen LogP contribution in [-0.2, 0) is 9.53 Å². The van der Waals surface area contributed by atoms with E-state index in [1.807, 2.05) is 36.4 Å². The van der Waals surface area contributed by atoms with Gasteiger partial charge >= 0.3 is 5.97 Å². The van der Waals surface area contributed by atoms with Crippen molar-refractivity contribution in [2.75, 3.05) is 7.11 Å². The smallest absolute Gasteiger partial charge is 0.315 e. The van der Waals surface area contributed by atoms with Crippen LogP contribution < -0.4 is 0 Å². The lowest BCUT2D eigenvalue weighted by Crippen LogP contribution is -2.23. The van der Waals surface area contributed by atoms with Gasteiger partial charge in [0.05, 0.1) is 7.11 Å². The maximum Gasteiger partial charge on any atom is 0.315 e. The van der Waals surface area contributed by atoms with Crippen LogP contribution in [0.3, 0.4) is 0 Å². The minimum atomic E-state index is -0.352. The van der Waals surface area contributed by atoms with Crippen LogP contribution in [0.4, 0.5) is 0 Å². The van der Waals surface area contributed by atoms with Gasteiger partial charge in [0.1, 0.15) is 5.92 Å². The van der Waals surface area contributed by atoms with Crippen molar-refractivity contribution in [3.8, 4) is 0 Å². The summed E-state index contributed by atoms with van der Waals surface area (Å²) in [6, 6.07) is 18.2. The van der Waals surface area contributed by atoms with Crippen LogP contribution in [0.2, 0.25) is 0 Å². The first-order valence-corrected chi connectivity index (χ1v) is 7.71. The van der Waals surface area contributed by atoms with E-state index in [2.05, 4.69) is 35.3 Å². The molecule has 3 nitrogen and oxygen atoms in total. The molecular formula is C20H17NO2. The van der Waals surface area contributed by atoms with Gasteiger partial charge in [-0.2, -0.15) is 0 Å². The number of methoxy groups -OCH3 is 1. The van der Waals surface area contributed by atoms with Crippen molar-refractivity contribution in [1.82, 2.24) is 4.98 Å². The Balaban J connectivity index is 1.91. The summed E-state index contributed by atoms with van der Waals surface area (Å²) < 4.78 is 5.10. The maximum absolute atomic E-state index is 12.5. The van der Waals surface area contributed by atoms with Gasteiger partial charge in [0.25, 0.3) is 0 Å². The number of aromatic amines is 1. The normalized spacial score (nSPS) is 19.5. The van der Waals surface area contributed by atoms with Gasteiger partial charge in [-0.3, -0.25) is 4.79 Å².